The topological polar surface area (TPSA) is 17.1 Å². The average Bonchev–Trinajstić information content (AvgIpc) is 2.00. The second-order valence-corrected chi connectivity index (χ2v) is 2.62. The van der Waals surface area contributed by atoms with Gasteiger partial charge in [0, 0.05) is 12.8 Å². The van der Waals surface area contributed by atoms with Crippen LogP contribution in [0.5, 0.6) is 0 Å². The fraction of sp³-hybridized carbons (Fsp3) is 0.500. The summed E-state index contributed by atoms with van der Waals surface area (Å²) in [7, 11) is 0. The monoisotopic (exact) mass is 152 g/mol. The van der Waals surface area contributed by atoms with Crippen molar-refractivity contribution in [1.29, 1.82) is 0 Å². The molecule has 0 radical (unpaired) electrons. The molecule has 0 aliphatic heterocycles. The molecule has 0 aromatic rings. The minimum absolute atomic E-state index is 0.290. The van der Waals surface area contributed by atoms with Gasteiger partial charge < -0.3 is 0 Å². The van der Waals surface area contributed by atoms with Crippen LogP contribution in [0.3, 0.4) is 0 Å². The molecule has 0 atom stereocenters. The van der Waals surface area contributed by atoms with E-state index in [1.54, 1.807) is 0 Å². The summed E-state index contributed by atoms with van der Waals surface area (Å²) >= 11 is 0. The highest BCUT2D eigenvalue weighted by molar-refractivity contribution is 5.81. The number of carbonyl (C=O) groups excluding carboxylic acids is 1. The van der Waals surface area contributed by atoms with Gasteiger partial charge in [-0.1, -0.05) is 23.8 Å². The predicted molar refractivity (Wildman–Crippen MR) is 48.5 cm³/mol. The zero-order chi connectivity index (χ0) is 8.69. The Kier molecular flexibility index (Phi) is 5.44. The molecule has 0 aromatic heterocycles. The first-order valence-electron chi connectivity index (χ1n) is 3.95. The van der Waals surface area contributed by atoms with Crippen LogP contribution in [-0.2, 0) is 4.79 Å². The third kappa shape index (κ3) is 5.59. The summed E-state index contributed by atoms with van der Waals surface area (Å²) in [5.41, 5.74) is 1.15. The Labute approximate surface area is 68.8 Å². The van der Waals surface area contributed by atoms with Gasteiger partial charge >= 0.3 is 0 Å². The smallest absolute Gasteiger partial charge is 0.140 e. The third-order valence-electron chi connectivity index (χ3n) is 1.55. The first-order chi connectivity index (χ1) is 5.20. The van der Waals surface area contributed by atoms with Crippen molar-refractivity contribution in [3.63, 3.8) is 0 Å². The number of carbonyl (C=O) groups is 1. The number of ketones is 1. The van der Waals surface area contributed by atoms with E-state index in [-0.39, 0.29) is 0 Å². The van der Waals surface area contributed by atoms with Crippen LogP contribution in [0.2, 0.25) is 0 Å². The molecule has 0 amide bonds. The van der Waals surface area contributed by atoms with Gasteiger partial charge in [-0.2, -0.15) is 0 Å². The van der Waals surface area contributed by atoms with Crippen molar-refractivity contribution < 1.29 is 4.79 Å². The summed E-state index contributed by atoms with van der Waals surface area (Å²) in [6.45, 7) is 5.86. The summed E-state index contributed by atoms with van der Waals surface area (Å²) < 4.78 is 0. The molecule has 0 rings (SSSR count). The minimum Gasteiger partial charge on any atom is -0.299 e. The highest BCUT2D eigenvalue weighted by Crippen LogP contribution is 2.02. The fourth-order valence-corrected chi connectivity index (χ4v) is 0.735. The Hall–Kier alpha value is -0.850. The van der Waals surface area contributed by atoms with Gasteiger partial charge in [-0.3, -0.25) is 4.79 Å². The second-order valence-electron chi connectivity index (χ2n) is 2.62. The molecule has 0 fully saturated rings. The van der Waals surface area contributed by atoms with Crippen molar-refractivity contribution in [1.82, 2.24) is 0 Å². The maximum atomic E-state index is 11.1. The van der Waals surface area contributed by atoms with E-state index in [1.807, 2.05) is 39.0 Å². The van der Waals surface area contributed by atoms with E-state index in [0.717, 1.165) is 5.57 Å². The van der Waals surface area contributed by atoms with Crippen LogP contribution in [-0.4, -0.2) is 5.78 Å². The molecule has 0 spiro atoms. The van der Waals surface area contributed by atoms with E-state index >= 15 is 0 Å². The molecule has 0 saturated carbocycles. The number of allylic oxidation sites excluding steroid dienone is 4. The van der Waals surface area contributed by atoms with Crippen molar-refractivity contribution in [2.24, 2.45) is 0 Å². The molecule has 0 aromatic carbocycles. The summed E-state index contributed by atoms with van der Waals surface area (Å²) in [6.07, 6.45) is 6.95. The Morgan fingerprint density at radius 1 is 1.36 bits per heavy atom. The summed E-state index contributed by atoms with van der Waals surface area (Å²) in [6, 6.07) is 0. The van der Waals surface area contributed by atoms with Crippen molar-refractivity contribution in [2.75, 3.05) is 0 Å². The normalized spacial score (nSPS) is 12.5. The van der Waals surface area contributed by atoms with Gasteiger partial charge in [-0.15, -0.1) is 0 Å². The van der Waals surface area contributed by atoms with Gasteiger partial charge in [0.15, 0.2) is 0 Å². The zero-order valence-electron chi connectivity index (χ0n) is 7.55. The van der Waals surface area contributed by atoms with Crippen molar-refractivity contribution in [3.05, 3.63) is 23.8 Å². The van der Waals surface area contributed by atoms with Crippen molar-refractivity contribution >= 4 is 5.78 Å². The molecule has 0 bridgehead atoms. The van der Waals surface area contributed by atoms with E-state index in [4.69, 9.17) is 0 Å². The second kappa shape index (κ2) is 5.90. The lowest BCUT2D eigenvalue weighted by molar-refractivity contribution is -0.117. The van der Waals surface area contributed by atoms with E-state index in [9.17, 15) is 4.79 Å². The zero-order valence-corrected chi connectivity index (χ0v) is 7.55. The summed E-state index contributed by atoms with van der Waals surface area (Å²) in [4.78, 5) is 11.1. The Morgan fingerprint density at radius 3 is 2.45 bits per heavy atom. The molecule has 0 aliphatic rings. The molecule has 0 aliphatic carbocycles. The fourth-order valence-electron chi connectivity index (χ4n) is 0.735. The van der Waals surface area contributed by atoms with Crippen LogP contribution in [0.4, 0.5) is 0 Å². The Morgan fingerprint density at radius 2 is 2.00 bits per heavy atom. The van der Waals surface area contributed by atoms with Crippen LogP contribution in [0.15, 0.2) is 23.8 Å². The summed E-state index contributed by atoms with van der Waals surface area (Å²) in [5.74, 6) is 0.290. The lowest BCUT2D eigenvalue weighted by Gasteiger charge is -1.95. The molecule has 0 saturated heterocycles. The predicted octanol–water partition coefficient (Wildman–Crippen LogP) is 2.88. The van der Waals surface area contributed by atoms with E-state index in [2.05, 4.69) is 0 Å². The third-order valence-corrected chi connectivity index (χ3v) is 1.55. The highest BCUT2D eigenvalue weighted by Gasteiger charge is 1.98. The number of hydrogen-bond acceptors (Lipinski definition) is 1. The lowest BCUT2D eigenvalue weighted by atomic mass is 10.1. The van der Waals surface area contributed by atoms with Crippen LogP contribution in [0.25, 0.3) is 0 Å². The van der Waals surface area contributed by atoms with Crippen LogP contribution in [0, 0.1) is 0 Å². The van der Waals surface area contributed by atoms with Gasteiger partial charge in [-0.25, -0.2) is 0 Å². The van der Waals surface area contributed by atoms with Crippen molar-refractivity contribution in [2.45, 2.75) is 33.6 Å². The van der Waals surface area contributed by atoms with Crippen molar-refractivity contribution in [3.8, 4) is 0 Å². The Bertz CT molecular complexity index is 175. The van der Waals surface area contributed by atoms with Gasteiger partial charge in [0.1, 0.15) is 5.78 Å². The van der Waals surface area contributed by atoms with Gasteiger partial charge in [0.25, 0.3) is 0 Å². The molecule has 1 heteroatoms. The van der Waals surface area contributed by atoms with Gasteiger partial charge in [0.05, 0.1) is 0 Å². The lowest BCUT2D eigenvalue weighted by Crippen LogP contribution is -1.95. The largest absolute Gasteiger partial charge is 0.299 e. The Balaban J connectivity index is 3.70. The molecule has 62 valence electrons. The molecule has 0 heterocycles. The van der Waals surface area contributed by atoms with Crippen LogP contribution >= 0.6 is 0 Å². The van der Waals surface area contributed by atoms with Gasteiger partial charge in [0.2, 0.25) is 0 Å². The number of hydrogen-bond donors (Lipinski definition) is 0. The maximum Gasteiger partial charge on any atom is 0.140 e. The van der Waals surface area contributed by atoms with Crippen LogP contribution < -0.4 is 0 Å². The molecule has 0 N–H and O–H groups in total. The molecule has 0 unspecified atom stereocenters. The minimum atomic E-state index is 0.290. The molecular weight excluding hydrogens is 136 g/mol. The standard InChI is InChI=1S/C10H16O/c1-4-6-7-10(11)8-9(3)5-2/h4-6H,7-8H2,1-3H3. The van der Waals surface area contributed by atoms with E-state index in [0.29, 0.717) is 18.6 Å². The van der Waals surface area contributed by atoms with Crippen LogP contribution in [0.1, 0.15) is 33.6 Å². The SMILES string of the molecule is CC=CCC(=O)CC(C)=CC. The number of Topliss-reactive ketones (excluding diaryl/α,β-unsaturated/α-hetero) is 1. The quantitative estimate of drug-likeness (QED) is 0.566. The average molecular weight is 152 g/mol. The van der Waals surface area contributed by atoms with E-state index < -0.39 is 0 Å². The summed E-state index contributed by atoms with van der Waals surface area (Å²) in [5, 5.41) is 0. The molecule has 11 heavy (non-hydrogen) atoms. The first-order valence-corrected chi connectivity index (χ1v) is 3.95. The number of rotatable bonds is 4. The van der Waals surface area contributed by atoms with Gasteiger partial charge in [-0.05, 0) is 20.8 Å². The highest BCUT2D eigenvalue weighted by atomic mass is 16.1. The molecular formula is C10H16O. The first kappa shape index (κ1) is 10.2. The maximum absolute atomic E-state index is 11.1. The molecule has 1 nitrogen and oxygen atoms in total. The van der Waals surface area contributed by atoms with E-state index in [1.165, 1.54) is 0 Å².